The van der Waals surface area contributed by atoms with Crippen LogP contribution in [-0.2, 0) is 6.42 Å². The quantitative estimate of drug-likeness (QED) is 0.736. The zero-order chi connectivity index (χ0) is 10.1. The number of hydrogen-bond acceptors (Lipinski definition) is 2. The van der Waals surface area contributed by atoms with Gasteiger partial charge < -0.3 is 0 Å². The Hall–Kier alpha value is -0.670. The van der Waals surface area contributed by atoms with Gasteiger partial charge in [0.05, 0.1) is 16.1 Å². The van der Waals surface area contributed by atoms with Gasteiger partial charge in [0.1, 0.15) is 0 Å². The van der Waals surface area contributed by atoms with Crippen LogP contribution in [0.15, 0.2) is 18.2 Å². The van der Waals surface area contributed by atoms with Crippen LogP contribution in [0.4, 0.5) is 4.39 Å². The number of hydrogen-bond donors (Lipinski definition) is 0. The van der Waals surface area contributed by atoms with Crippen LogP contribution in [0.1, 0.15) is 5.56 Å². The van der Waals surface area contributed by atoms with Gasteiger partial charge in [0.2, 0.25) is 0 Å². The standard InChI is InChI=1S/C10H5FINS/c11-10-9(12)7-5-6(3-4-13)1-2-8(7)14-10/h1-2,5H,3H2. The van der Waals surface area contributed by atoms with Crippen LogP contribution >= 0.6 is 33.9 Å². The van der Waals surface area contributed by atoms with Gasteiger partial charge in [-0.3, -0.25) is 0 Å². The molecule has 2 rings (SSSR count). The van der Waals surface area contributed by atoms with Crippen molar-refractivity contribution >= 4 is 44.0 Å². The summed E-state index contributed by atoms with van der Waals surface area (Å²) in [5, 5.41) is 9.32. The molecule has 0 saturated heterocycles. The monoisotopic (exact) mass is 317 g/mol. The molecule has 0 saturated carbocycles. The lowest BCUT2D eigenvalue weighted by atomic mass is 10.1. The molecular weight excluding hydrogens is 312 g/mol. The van der Waals surface area contributed by atoms with E-state index in [0.717, 1.165) is 27.0 Å². The highest BCUT2D eigenvalue weighted by molar-refractivity contribution is 14.1. The van der Waals surface area contributed by atoms with Crippen LogP contribution in [0.5, 0.6) is 0 Å². The molecule has 0 atom stereocenters. The second-order valence-corrected chi connectivity index (χ2v) is 4.94. The van der Waals surface area contributed by atoms with Crippen LogP contribution in [0.3, 0.4) is 0 Å². The van der Waals surface area contributed by atoms with Crippen molar-refractivity contribution in [3.05, 3.63) is 32.5 Å². The topological polar surface area (TPSA) is 23.8 Å². The maximum atomic E-state index is 13.2. The van der Waals surface area contributed by atoms with E-state index >= 15 is 0 Å². The van der Waals surface area contributed by atoms with Gasteiger partial charge in [0.25, 0.3) is 0 Å². The zero-order valence-corrected chi connectivity index (χ0v) is 10.0. The first-order chi connectivity index (χ1) is 6.72. The summed E-state index contributed by atoms with van der Waals surface area (Å²) in [6, 6.07) is 7.72. The molecule has 0 bridgehead atoms. The molecule has 1 nitrogen and oxygen atoms in total. The van der Waals surface area contributed by atoms with E-state index in [9.17, 15) is 4.39 Å². The fourth-order valence-electron chi connectivity index (χ4n) is 1.29. The van der Waals surface area contributed by atoms with Crippen molar-refractivity contribution in [3.63, 3.8) is 0 Å². The fraction of sp³-hybridized carbons (Fsp3) is 0.100. The Bertz CT molecular complexity index is 527. The maximum absolute atomic E-state index is 13.2. The van der Waals surface area contributed by atoms with Gasteiger partial charge in [0.15, 0.2) is 5.13 Å². The third kappa shape index (κ3) is 1.62. The van der Waals surface area contributed by atoms with Crippen molar-refractivity contribution < 1.29 is 4.39 Å². The van der Waals surface area contributed by atoms with Gasteiger partial charge in [-0.05, 0) is 40.3 Å². The summed E-state index contributed by atoms with van der Waals surface area (Å²) < 4.78 is 14.8. The highest BCUT2D eigenvalue weighted by atomic mass is 127. The van der Waals surface area contributed by atoms with E-state index in [1.54, 1.807) is 0 Å². The molecule has 4 heteroatoms. The Morgan fingerprint density at radius 3 is 3.00 bits per heavy atom. The van der Waals surface area contributed by atoms with Crippen molar-refractivity contribution in [3.8, 4) is 6.07 Å². The minimum absolute atomic E-state index is 0.144. The Kier molecular flexibility index (Phi) is 2.70. The van der Waals surface area contributed by atoms with E-state index in [1.807, 2.05) is 40.8 Å². The van der Waals surface area contributed by atoms with Crippen LogP contribution in [0, 0.1) is 20.0 Å². The first-order valence-electron chi connectivity index (χ1n) is 3.95. The molecule has 0 fully saturated rings. The predicted octanol–water partition coefficient (Wildman–Crippen LogP) is 3.71. The molecule has 1 aromatic carbocycles. The molecule has 14 heavy (non-hydrogen) atoms. The largest absolute Gasteiger partial charge is 0.198 e. The van der Waals surface area contributed by atoms with Gasteiger partial charge in [-0.2, -0.15) is 9.65 Å². The Labute approximate surface area is 98.3 Å². The Balaban J connectivity index is 2.65. The summed E-state index contributed by atoms with van der Waals surface area (Å²) in [5.41, 5.74) is 0.940. The van der Waals surface area contributed by atoms with E-state index in [4.69, 9.17) is 5.26 Å². The number of benzene rings is 1. The average molecular weight is 317 g/mol. The summed E-state index contributed by atoms with van der Waals surface area (Å²) in [4.78, 5) is 0. The number of nitrogens with zero attached hydrogens (tertiary/aromatic N) is 1. The molecule has 0 aliphatic heterocycles. The second kappa shape index (κ2) is 3.83. The van der Waals surface area contributed by atoms with Gasteiger partial charge in [-0.25, -0.2) is 0 Å². The third-order valence-corrected chi connectivity index (χ3v) is 4.32. The molecule has 0 radical (unpaired) electrons. The lowest BCUT2D eigenvalue weighted by Crippen LogP contribution is -1.80. The summed E-state index contributed by atoms with van der Waals surface area (Å²) >= 11 is 3.14. The van der Waals surface area contributed by atoms with Crippen LogP contribution in [0.2, 0.25) is 0 Å². The highest BCUT2D eigenvalue weighted by Crippen LogP contribution is 2.31. The molecule has 0 N–H and O–H groups in total. The molecule has 0 amide bonds. The molecule has 0 unspecified atom stereocenters. The van der Waals surface area contributed by atoms with E-state index in [2.05, 4.69) is 6.07 Å². The van der Waals surface area contributed by atoms with Crippen molar-refractivity contribution in [1.82, 2.24) is 0 Å². The van der Waals surface area contributed by atoms with Crippen LogP contribution in [0.25, 0.3) is 10.1 Å². The van der Waals surface area contributed by atoms with E-state index < -0.39 is 0 Å². The van der Waals surface area contributed by atoms with Crippen molar-refractivity contribution in [2.24, 2.45) is 0 Å². The molecular formula is C10H5FINS. The van der Waals surface area contributed by atoms with Gasteiger partial charge in [-0.15, -0.1) is 11.3 Å². The summed E-state index contributed by atoms with van der Waals surface area (Å²) in [5.74, 6) is 0. The third-order valence-electron chi connectivity index (χ3n) is 1.94. The molecule has 70 valence electrons. The summed E-state index contributed by atoms with van der Waals surface area (Å²) in [6.45, 7) is 0. The smallest absolute Gasteiger partial charge is 0.190 e. The Morgan fingerprint density at radius 1 is 1.50 bits per heavy atom. The summed E-state index contributed by atoms with van der Waals surface area (Å²) in [7, 11) is 0. The van der Waals surface area contributed by atoms with Crippen LogP contribution in [-0.4, -0.2) is 0 Å². The first-order valence-corrected chi connectivity index (χ1v) is 5.85. The lowest BCUT2D eigenvalue weighted by molar-refractivity contribution is 0.652. The number of fused-ring (bicyclic) bond motifs is 1. The van der Waals surface area contributed by atoms with E-state index in [-0.39, 0.29) is 5.13 Å². The number of halogens is 2. The normalized spacial score (nSPS) is 10.4. The van der Waals surface area contributed by atoms with Crippen molar-refractivity contribution in [2.75, 3.05) is 0 Å². The fourth-order valence-corrected chi connectivity index (χ4v) is 3.05. The molecule has 0 aliphatic carbocycles. The minimum atomic E-state index is -0.144. The average Bonchev–Trinajstić information content (AvgIpc) is 2.45. The van der Waals surface area contributed by atoms with Gasteiger partial charge >= 0.3 is 0 Å². The number of nitriles is 1. The molecule has 1 heterocycles. The Morgan fingerprint density at radius 2 is 2.29 bits per heavy atom. The maximum Gasteiger partial charge on any atom is 0.190 e. The van der Waals surface area contributed by atoms with Crippen molar-refractivity contribution in [1.29, 1.82) is 5.26 Å². The number of rotatable bonds is 1. The van der Waals surface area contributed by atoms with Crippen LogP contribution < -0.4 is 0 Å². The SMILES string of the molecule is N#CCc1ccc2sc(F)c(I)c2c1. The first kappa shape index (κ1) is 9.87. The lowest BCUT2D eigenvalue weighted by Gasteiger charge is -1.94. The second-order valence-electron chi connectivity index (χ2n) is 2.86. The molecule has 2 aromatic rings. The van der Waals surface area contributed by atoms with Gasteiger partial charge in [-0.1, -0.05) is 6.07 Å². The molecule has 0 spiro atoms. The predicted molar refractivity (Wildman–Crippen MR) is 63.8 cm³/mol. The van der Waals surface area contributed by atoms with Gasteiger partial charge in [0, 0.05) is 10.1 Å². The van der Waals surface area contributed by atoms with E-state index in [0.29, 0.717) is 9.99 Å². The highest BCUT2D eigenvalue weighted by Gasteiger charge is 2.09. The van der Waals surface area contributed by atoms with Crippen molar-refractivity contribution in [2.45, 2.75) is 6.42 Å². The number of thiophene rings is 1. The molecule has 0 aliphatic rings. The minimum Gasteiger partial charge on any atom is -0.198 e. The van der Waals surface area contributed by atoms with E-state index in [1.165, 1.54) is 0 Å². The molecule has 1 aromatic heterocycles. The summed E-state index contributed by atoms with van der Waals surface area (Å²) in [6.07, 6.45) is 0.378. The zero-order valence-electron chi connectivity index (χ0n) is 7.05.